The number of nitrogen functional groups attached to an aromatic ring is 1. The molecule has 76 valence electrons. The van der Waals surface area contributed by atoms with Crippen LogP contribution in [0.4, 0.5) is 5.69 Å². The standard InChI is InChI=1S/C10H12BrNO2/c1-6(11)10(13)8-5-7(14-2)3-4-9(8)12/h3-6H,12H2,1-2H3. The fraction of sp³-hybridized carbons (Fsp3) is 0.300. The first-order valence-corrected chi connectivity index (χ1v) is 5.09. The zero-order valence-corrected chi connectivity index (χ0v) is 9.67. The summed E-state index contributed by atoms with van der Waals surface area (Å²) in [5, 5.41) is 0. The molecule has 0 bridgehead atoms. The SMILES string of the molecule is COc1ccc(N)c(C(=O)C(C)Br)c1. The number of ketones is 1. The number of hydrogen-bond donors (Lipinski definition) is 1. The van der Waals surface area contributed by atoms with E-state index in [1.54, 1.807) is 32.2 Å². The van der Waals surface area contributed by atoms with Crippen LogP contribution < -0.4 is 10.5 Å². The summed E-state index contributed by atoms with van der Waals surface area (Å²) >= 11 is 3.21. The molecule has 0 heterocycles. The molecule has 2 N–H and O–H groups in total. The van der Waals surface area contributed by atoms with Gasteiger partial charge in [0, 0.05) is 11.3 Å². The third-order valence-electron chi connectivity index (χ3n) is 1.89. The molecule has 4 heteroatoms. The lowest BCUT2D eigenvalue weighted by atomic mass is 10.1. The number of alkyl halides is 1. The van der Waals surface area contributed by atoms with Crippen molar-refractivity contribution in [1.82, 2.24) is 0 Å². The van der Waals surface area contributed by atoms with Gasteiger partial charge in [-0.3, -0.25) is 4.79 Å². The molecule has 1 atom stereocenters. The van der Waals surface area contributed by atoms with E-state index in [0.717, 1.165) is 0 Å². The van der Waals surface area contributed by atoms with Crippen molar-refractivity contribution in [2.75, 3.05) is 12.8 Å². The number of nitrogens with two attached hydrogens (primary N) is 1. The molecule has 14 heavy (non-hydrogen) atoms. The zero-order valence-electron chi connectivity index (χ0n) is 8.08. The van der Waals surface area contributed by atoms with Crippen molar-refractivity contribution in [3.8, 4) is 5.75 Å². The second-order valence-corrected chi connectivity index (χ2v) is 4.31. The molecule has 1 rings (SSSR count). The van der Waals surface area contributed by atoms with Crippen LogP contribution in [0, 0.1) is 0 Å². The minimum absolute atomic E-state index is 0.0404. The Bertz CT molecular complexity index is 350. The molecule has 0 saturated heterocycles. The lowest BCUT2D eigenvalue weighted by molar-refractivity contribution is 0.0996. The Hall–Kier alpha value is -1.03. The number of carbonyl (C=O) groups excluding carboxylic acids is 1. The van der Waals surface area contributed by atoms with Gasteiger partial charge >= 0.3 is 0 Å². The Kier molecular flexibility index (Phi) is 3.52. The van der Waals surface area contributed by atoms with Crippen LogP contribution in [-0.2, 0) is 0 Å². The molecule has 1 aromatic carbocycles. The predicted octanol–water partition coefficient (Wildman–Crippen LogP) is 2.24. The normalized spacial score (nSPS) is 12.2. The Labute approximate surface area is 91.4 Å². The van der Waals surface area contributed by atoms with Crippen molar-refractivity contribution in [3.63, 3.8) is 0 Å². The van der Waals surface area contributed by atoms with Crippen LogP contribution in [0.25, 0.3) is 0 Å². The smallest absolute Gasteiger partial charge is 0.178 e. The van der Waals surface area contributed by atoms with Gasteiger partial charge < -0.3 is 10.5 Å². The van der Waals surface area contributed by atoms with E-state index in [9.17, 15) is 4.79 Å². The maximum Gasteiger partial charge on any atom is 0.178 e. The fourth-order valence-corrected chi connectivity index (χ4v) is 1.34. The van der Waals surface area contributed by atoms with Gasteiger partial charge in [0.1, 0.15) is 5.75 Å². The highest BCUT2D eigenvalue weighted by Crippen LogP contribution is 2.22. The number of halogens is 1. The third kappa shape index (κ3) is 2.26. The van der Waals surface area contributed by atoms with Crippen molar-refractivity contribution < 1.29 is 9.53 Å². The van der Waals surface area contributed by atoms with Gasteiger partial charge in [-0.15, -0.1) is 0 Å². The molecule has 0 fully saturated rings. The number of anilines is 1. The van der Waals surface area contributed by atoms with Gasteiger partial charge in [0.05, 0.1) is 11.9 Å². The average molecular weight is 258 g/mol. The summed E-state index contributed by atoms with van der Waals surface area (Å²) in [7, 11) is 1.55. The Morgan fingerprint density at radius 1 is 1.57 bits per heavy atom. The van der Waals surface area contributed by atoms with Crippen molar-refractivity contribution in [1.29, 1.82) is 0 Å². The summed E-state index contributed by atoms with van der Waals surface area (Å²) < 4.78 is 5.02. The minimum Gasteiger partial charge on any atom is -0.497 e. The maximum atomic E-state index is 11.7. The first kappa shape index (κ1) is 11.0. The van der Waals surface area contributed by atoms with Gasteiger partial charge in [-0.25, -0.2) is 0 Å². The summed E-state index contributed by atoms with van der Waals surface area (Å²) in [5.74, 6) is 0.595. The van der Waals surface area contributed by atoms with Crippen molar-refractivity contribution in [3.05, 3.63) is 23.8 Å². The molecule has 0 saturated carbocycles. The van der Waals surface area contributed by atoms with E-state index in [1.807, 2.05) is 0 Å². The number of benzene rings is 1. The third-order valence-corrected chi connectivity index (χ3v) is 2.30. The molecule has 1 aromatic rings. The summed E-state index contributed by atoms with van der Waals surface area (Å²) in [4.78, 5) is 11.4. The van der Waals surface area contributed by atoms with E-state index >= 15 is 0 Å². The first-order chi connectivity index (χ1) is 6.56. The summed E-state index contributed by atoms with van der Waals surface area (Å²) in [6.07, 6.45) is 0. The molecule has 1 unspecified atom stereocenters. The monoisotopic (exact) mass is 257 g/mol. The molecule has 0 radical (unpaired) electrons. The number of methoxy groups -OCH3 is 1. The Morgan fingerprint density at radius 3 is 2.71 bits per heavy atom. The van der Waals surface area contributed by atoms with Crippen LogP contribution >= 0.6 is 15.9 Å². The van der Waals surface area contributed by atoms with Crippen molar-refractivity contribution in [2.45, 2.75) is 11.8 Å². The molecule has 0 aliphatic carbocycles. The lowest BCUT2D eigenvalue weighted by Gasteiger charge is -2.08. The number of hydrogen-bond acceptors (Lipinski definition) is 3. The van der Waals surface area contributed by atoms with Gasteiger partial charge in [-0.2, -0.15) is 0 Å². The number of carbonyl (C=O) groups is 1. The summed E-state index contributed by atoms with van der Waals surface area (Å²) in [5.41, 5.74) is 6.65. The zero-order chi connectivity index (χ0) is 10.7. The van der Waals surface area contributed by atoms with E-state index in [4.69, 9.17) is 10.5 Å². The van der Waals surface area contributed by atoms with Gasteiger partial charge in [-0.1, -0.05) is 15.9 Å². The van der Waals surface area contributed by atoms with Crippen LogP contribution in [0.15, 0.2) is 18.2 Å². The summed E-state index contributed by atoms with van der Waals surface area (Å²) in [6.45, 7) is 1.77. The van der Waals surface area contributed by atoms with E-state index < -0.39 is 0 Å². The second-order valence-electron chi connectivity index (χ2n) is 2.93. The number of Topliss-reactive ketones (excluding diaryl/α,β-unsaturated/α-hetero) is 1. The average Bonchev–Trinajstić information content (AvgIpc) is 2.17. The molecule has 0 aromatic heterocycles. The van der Waals surface area contributed by atoms with E-state index in [2.05, 4.69) is 15.9 Å². The maximum absolute atomic E-state index is 11.7. The molecule has 0 amide bonds. The van der Waals surface area contributed by atoms with Crippen LogP contribution in [0.5, 0.6) is 5.75 Å². The van der Waals surface area contributed by atoms with Crippen LogP contribution in [0.3, 0.4) is 0 Å². The van der Waals surface area contributed by atoms with Crippen LogP contribution in [0.2, 0.25) is 0 Å². The van der Waals surface area contributed by atoms with Crippen LogP contribution in [-0.4, -0.2) is 17.7 Å². The van der Waals surface area contributed by atoms with Gasteiger partial charge in [0.15, 0.2) is 5.78 Å². The molecule has 3 nitrogen and oxygen atoms in total. The highest BCUT2D eigenvalue weighted by atomic mass is 79.9. The van der Waals surface area contributed by atoms with E-state index in [0.29, 0.717) is 17.0 Å². The van der Waals surface area contributed by atoms with E-state index in [1.165, 1.54) is 0 Å². The number of ether oxygens (including phenoxy) is 1. The van der Waals surface area contributed by atoms with Crippen LogP contribution in [0.1, 0.15) is 17.3 Å². The molecule has 0 aliphatic heterocycles. The van der Waals surface area contributed by atoms with Gasteiger partial charge in [0.25, 0.3) is 0 Å². The number of rotatable bonds is 3. The predicted molar refractivity (Wildman–Crippen MR) is 60.1 cm³/mol. The lowest BCUT2D eigenvalue weighted by Crippen LogP contribution is -2.12. The van der Waals surface area contributed by atoms with Crippen molar-refractivity contribution in [2.24, 2.45) is 0 Å². The van der Waals surface area contributed by atoms with E-state index in [-0.39, 0.29) is 10.6 Å². The molecular weight excluding hydrogens is 246 g/mol. The van der Waals surface area contributed by atoms with Gasteiger partial charge in [0.2, 0.25) is 0 Å². The highest BCUT2D eigenvalue weighted by molar-refractivity contribution is 9.10. The minimum atomic E-state index is -0.239. The summed E-state index contributed by atoms with van der Waals surface area (Å²) in [6, 6.07) is 5.04. The first-order valence-electron chi connectivity index (χ1n) is 4.18. The van der Waals surface area contributed by atoms with Gasteiger partial charge in [-0.05, 0) is 25.1 Å². The largest absolute Gasteiger partial charge is 0.497 e. The fourth-order valence-electron chi connectivity index (χ4n) is 1.09. The molecular formula is C10H12BrNO2. The highest BCUT2D eigenvalue weighted by Gasteiger charge is 2.15. The molecule has 0 aliphatic rings. The second kappa shape index (κ2) is 4.46. The van der Waals surface area contributed by atoms with Crippen molar-refractivity contribution >= 4 is 27.4 Å². The Balaban J connectivity index is 3.12. The quantitative estimate of drug-likeness (QED) is 0.514. The topological polar surface area (TPSA) is 52.3 Å². The molecule has 0 spiro atoms. The Morgan fingerprint density at radius 2 is 2.21 bits per heavy atom.